The van der Waals surface area contributed by atoms with Gasteiger partial charge in [-0.2, -0.15) is 0 Å². The van der Waals surface area contributed by atoms with Gasteiger partial charge in [0.1, 0.15) is 0 Å². The quantitative estimate of drug-likeness (QED) is 0.818. The van der Waals surface area contributed by atoms with Crippen molar-refractivity contribution in [1.29, 1.82) is 0 Å². The fraction of sp³-hybridized carbons (Fsp3) is 0.200. The maximum Gasteiger partial charge on any atom is 0.328 e. The van der Waals surface area contributed by atoms with Gasteiger partial charge < -0.3 is 11.1 Å². The van der Waals surface area contributed by atoms with Gasteiger partial charge in [-0.1, -0.05) is 36.4 Å². The molecule has 0 aliphatic heterocycles. The molecule has 0 radical (unpaired) electrons. The minimum atomic E-state index is -0.440. The van der Waals surface area contributed by atoms with Crippen molar-refractivity contribution in [2.45, 2.75) is 6.42 Å². The first kappa shape index (κ1) is 14.0. The van der Waals surface area contributed by atoms with E-state index in [2.05, 4.69) is 5.32 Å². The van der Waals surface area contributed by atoms with Crippen molar-refractivity contribution in [2.24, 2.45) is 5.73 Å². The molecule has 2 aromatic rings. The van der Waals surface area contributed by atoms with E-state index in [1.54, 1.807) is 0 Å². The van der Waals surface area contributed by atoms with Gasteiger partial charge in [0, 0.05) is 11.9 Å². The number of benzene rings is 2. The molecule has 0 aromatic heterocycles. The third-order valence-corrected chi connectivity index (χ3v) is 3.02. The maximum absolute atomic E-state index is 12.0. The van der Waals surface area contributed by atoms with Gasteiger partial charge in [0.05, 0.1) is 5.69 Å². The van der Waals surface area contributed by atoms with Crippen molar-refractivity contribution in [3.63, 3.8) is 0 Å². The molecule has 5 heteroatoms. The number of anilines is 1. The molecule has 0 fully saturated rings. The highest BCUT2D eigenvalue weighted by atomic mass is 16.2. The average Bonchev–Trinajstić information content (AvgIpc) is 2.48. The fourth-order valence-electron chi connectivity index (χ4n) is 1.99. The normalized spacial score (nSPS) is 10.2. The monoisotopic (exact) mass is 271 g/mol. The lowest BCUT2D eigenvalue weighted by molar-refractivity contribution is -0.115. The van der Waals surface area contributed by atoms with Crippen molar-refractivity contribution < 1.29 is 9.59 Å². The molecule has 0 spiro atoms. The molecule has 0 aliphatic rings. The third kappa shape index (κ3) is 3.13. The van der Waals surface area contributed by atoms with Crippen molar-refractivity contribution in [2.75, 3.05) is 18.4 Å². The van der Waals surface area contributed by atoms with E-state index in [9.17, 15) is 9.59 Å². The summed E-state index contributed by atoms with van der Waals surface area (Å²) in [5.41, 5.74) is 6.07. The first-order valence-corrected chi connectivity index (χ1v) is 6.47. The number of nitrogens with one attached hydrogen (secondary N) is 1. The summed E-state index contributed by atoms with van der Waals surface area (Å²) < 4.78 is 0. The fourth-order valence-corrected chi connectivity index (χ4v) is 1.99. The minimum Gasteiger partial charge on any atom is -0.330 e. The lowest BCUT2D eigenvalue weighted by Gasteiger charge is -2.16. The molecule has 0 atom stereocenters. The molecule has 0 heterocycles. The molecule has 0 bridgehead atoms. The minimum absolute atomic E-state index is 0.316. The van der Waals surface area contributed by atoms with Gasteiger partial charge in [-0.3, -0.25) is 9.69 Å². The zero-order chi connectivity index (χ0) is 14.4. The Morgan fingerprint density at radius 1 is 1.20 bits per heavy atom. The van der Waals surface area contributed by atoms with Gasteiger partial charge in [0.15, 0.2) is 0 Å². The van der Waals surface area contributed by atoms with Crippen LogP contribution in [0, 0.1) is 0 Å². The van der Waals surface area contributed by atoms with Gasteiger partial charge in [0.2, 0.25) is 6.41 Å². The molecule has 5 nitrogen and oxygen atoms in total. The molecule has 2 aromatic carbocycles. The number of hydrogen-bond donors (Lipinski definition) is 2. The van der Waals surface area contributed by atoms with E-state index in [1.807, 2.05) is 42.5 Å². The lowest BCUT2D eigenvalue weighted by Crippen LogP contribution is -2.35. The Balaban J connectivity index is 2.19. The van der Waals surface area contributed by atoms with Crippen molar-refractivity contribution >= 4 is 28.9 Å². The Bertz CT molecular complexity index is 608. The van der Waals surface area contributed by atoms with Crippen LogP contribution in [-0.4, -0.2) is 30.4 Å². The van der Waals surface area contributed by atoms with Crippen LogP contribution in [-0.2, 0) is 4.79 Å². The lowest BCUT2D eigenvalue weighted by atomic mass is 10.1. The second kappa shape index (κ2) is 6.68. The molecule has 2 rings (SSSR count). The van der Waals surface area contributed by atoms with Crippen LogP contribution in [0.25, 0.3) is 10.8 Å². The third-order valence-electron chi connectivity index (χ3n) is 3.02. The van der Waals surface area contributed by atoms with Gasteiger partial charge >= 0.3 is 6.03 Å². The molecule has 0 aliphatic carbocycles. The van der Waals surface area contributed by atoms with E-state index in [0.717, 1.165) is 15.7 Å². The Labute approximate surface area is 117 Å². The standard InChI is InChI=1S/C15H17N3O2/c16-9-4-10-18(11-19)15(20)17-14-8-3-6-12-5-1-2-7-13(12)14/h1-3,5-8,11H,4,9-10,16H2,(H,17,20). The van der Waals surface area contributed by atoms with Crippen molar-refractivity contribution in [3.8, 4) is 0 Å². The number of imide groups is 1. The number of fused-ring (bicyclic) bond motifs is 1. The summed E-state index contributed by atoms with van der Waals surface area (Å²) in [5, 5.41) is 4.73. The Morgan fingerprint density at radius 3 is 2.70 bits per heavy atom. The molecule has 0 unspecified atom stereocenters. The van der Waals surface area contributed by atoms with Crippen LogP contribution in [0.2, 0.25) is 0 Å². The van der Waals surface area contributed by atoms with Gasteiger partial charge in [-0.15, -0.1) is 0 Å². The van der Waals surface area contributed by atoms with Gasteiger partial charge in [0.25, 0.3) is 0 Å². The largest absolute Gasteiger partial charge is 0.330 e. The van der Waals surface area contributed by atoms with E-state index in [0.29, 0.717) is 31.6 Å². The number of nitrogens with two attached hydrogens (primary N) is 1. The summed E-state index contributed by atoms with van der Waals surface area (Å²) in [7, 11) is 0. The van der Waals surface area contributed by atoms with Crippen LogP contribution in [0.1, 0.15) is 6.42 Å². The van der Waals surface area contributed by atoms with E-state index in [4.69, 9.17) is 5.73 Å². The van der Waals surface area contributed by atoms with Crippen LogP contribution >= 0.6 is 0 Å². The maximum atomic E-state index is 12.0. The predicted molar refractivity (Wildman–Crippen MR) is 79.4 cm³/mol. The second-order valence-corrected chi connectivity index (χ2v) is 4.40. The zero-order valence-electron chi connectivity index (χ0n) is 11.1. The second-order valence-electron chi connectivity index (χ2n) is 4.40. The highest BCUT2D eigenvalue weighted by Gasteiger charge is 2.13. The predicted octanol–water partition coefficient (Wildman–Crippen LogP) is 2.18. The van der Waals surface area contributed by atoms with Crippen LogP contribution < -0.4 is 11.1 Å². The summed E-state index contributed by atoms with van der Waals surface area (Å²) in [6.45, 7) is 0.752. The first-order chi connectivity index (χ1) is 9.76. The summed E-state index contributed by atoms with van der Waals surface area (Å²) in [6, 6.07) is 12.9. The molecule has 3 N–H and O–H groups in total. The number of carbonyl (C=O) groups is 2. The number of rotatable bonds is 5. The highest BCUT2D eigenvalue weighted by Crippen LogP contribution is 2.23. The summed E-state index contributed by atoms with van der Waals surface area (Å²) in [4.78, 5) is 24.1. The van der Waals surface area contributed by atoms with E-state index < -0.39 is 6.03 Å². The molecule has 104 valence electrons. The number of urea groups is 1. The molecular formula is C15H17N3O2. The Hall–Kier alpha value is -2.40. The van der Waals surface area contributed by atoms with Crippen LogP contribution in [0.3, 0.4) is 0 Å². The molecule has 20 heavy (non-hydrogen) atoms. The number of amides is 3. The van der Waals surface area contributed by atoms with Gasteiger partial charge in [-0.05, 0) is 24.4 Å². The summed E-state index contributed by atoms with van der Waals surface area (Å²) in [5.74, 6) is 0. The average molecular weight is 271 g/mol. The number of hydrogen-bond acceptors (Lipinski definition) is 3. The highest BCUT2D eigenvalue weighted by molar-refractivity contribution is 6.03. The molecule has 3 amide bonds. The number of nitrogens with zero attached hydrogens (tertiary/aromatic N) is 1. The smallest absolute Gasteiger partial charge is 0.328 e. The first-order valence-electron chi connectivity index (χ1n) is 6.47. The van der Waals surface area contributed by atoms with Crippen molar-refractivity contribution in [1.82, 2.24) is 4.90 Å². The molecular weight excluding hydrogens is 254 g/mol. The molecule has 0 saturated carbocycles. The molecule has 0 saturated heterocycles. The summed E-state index contributed by atoms with van der Waals surface area (Å²) in [6.07, 6.45) is 1.11. The van der Waals surface area contributed by atoms with Crippen LogP contribution in [0.15, 0.2) is 42.5 Å². The van der Waals surface area contributed by atoms with E-state index in [1.165, 1.54) is 0 Å². The van der Waals surface area contributed by atoms with Crippen LogP contribution in [0.5, 0.6) is 0 Å². The van der Waals surface area contributed by atoms with Crippen LogP contribution in [0.4, 0.5) is 10.5 Å². The number of carbonyl (C=O) groups excluding carboxylic acids is 2. The zero-order valence-corrected chi connectivity index (χ0v) is 11.1. The van der Waals surface area contributed by atoms with Gasteiger partial charge in [-0.25, -0.2) is 4.79 Å². The Kier molecular flexibility index (Phi) is 4.68. The Morgan fingerprint density at radius 2 is 1.95 bits per heavy atom. The SMILES string of the molecule is NCCCN(C=O)C(=O)Nc1cccc2ccccc12. The summed E-state index contributed by atoms with van der Waals surface area (Å²) >= 11 is 0. The topological polar surface area (TPSA) is 75.4 Å². The van der Waals surface area contributed by atoms with Crippen molar-refractivity contribution in [3.05, 3.63) is 42.5 Å². The van der Waals surface area contributed by atoms with E-state index >= 15 is 0 Å². The van der Waals surface area contributed by atoms with E-state index in [-0.39, 0.29) is 0 Å².